The van der Waals surface area contributed by atoms with Gasteiger partial charge in [0, 0.05) is 45.5 Å². The Hall–Kier alpha value is -2.67. The van der Waals surface area contributed by atoms with E-state index in [0.29, 0.717) is 50.6 Å². The van der Waals surface area contributed by atoms with Crippen LogP contribution in [0.15, 0.2) is 41.4 Å². The fourth-order valence-electron chi connectivity index (χ4n) is 3.57. The lowest BCUT2D eigenvalue weighted by Crippen LogP contribution is -2.49. The van der Waals surface area contributed by atoms with Crippen LogP contribution in [0.1, 0.15) is 29.8 Å². The Morgan fingerprint density at radius 1 is 1.19 bits per heavy atom. The number of hydrogen-bond donors (Lipinski definition) is 0. The number of rotatable bonds is 6. The molecule has 0 atom stereocenters. The van der Waals surface area contributed by atoms with Gasteiger partial charge in [-0.1, -0.05) is 25.4 Å². The van der Waals surface area contributed by atoms with E-state index in [1.165, 1.54) is 22.5 Å². The number of carbonyl (C=O) groups is 1. The molecular formula is C21H24ClN5O3S. The molecule has 1 saturated heterocycles. The van der Waals surface area contributed by atoms with Crippen LogP contribution in [0.3, 0.4) is 0 Å². The predicted octanol–water partition coefficient (Wildman–Crippen LogP) is 2.60. The molecule has 1 fully saturated rings. The number of nitriles is 1. The molecule has 3 rings (SSSR count). The lowest BCUT2D eigenvalue weighted by Gasteiger charge is -2.35. The second-order valence-electron chi connectivity index (χ2n) is 7.00. The zero-order valence-electron chi connectivity index (χ0n) is 17.5. The number of aromatic nitrogens is 1. The van der Waals surface area contributed by atoms with Crippen molar-refractivity contribution in [3.05, 3.63) is 52.7 Å². The van der Waals surface area contributed by atoms with Crippen molar-refractivity contribution in [2.45, 2.75) is 18.7 Å². The van der Waals surface area contributed by atoms with Crippen LogP contribution in [0.2, 0.25) is 5.02 Å². The van der Waals surface area contributed by atoms with Gasteiger partial charge in [-0.3, -0.25) is 4.79 Å². The largest absolute Gasteiger partial charge is 0.352 e. The summed E-state index contributed by atoms with van der Waals surface area (Å²) in [5, 5.41) is 9.50. The number of benzene rings is 1. The summed E-state index contributed by atoms with van der Waals surface area (Å²) in [5.41, 5.74) is 0.651. The molecule has 0 unspecified atom stereocenters. The Balaban J connectivity index is 1.79. The number of anilines is 1. The number of sulfonamides is 1. The third-order valence-electron chi connectivity index (χ3n) is 5.28. The highest BCUT2D eigenvalue weighted by atomic mass is 35.5. The molecule has 1 aliphatic rings. The molecule has 0 radical (unpaired) electrons. The Morgan fingerprint density at radius 2 is 1.87 bits per heavy atom. The molecule has 1 aromatic heterocycles. The quantitative estimate of drug-likeness (QED) is 0.655. The van der Waals surface area contributed by atoms with E-state index in [2.05, 4.69) is 11.1 Å². The van der Waals surface area contributed by atoms with Crippen molar-refractivity contribution in [3.63, 3.8) is 0 Å². The Kier molecular flexibility index (Phi) is 7.15. The maximum absolute atomic E-state index is 13.1. The van der Waals surface area contributed by atoms with Gasteiger partial charge in [0.05, 0.1) is 21.0 Å². The van der Waals surface area contributed by atoms with Crippen molar-refractivity contribution in [2.24, 2.45) is 0 Å². The molecule has 0 saturated carbocycles. The van der Waals surface area contributed by atoms with Crippen LogP contribution in [0.4, 0.5) is 5.82 Å². The second kappa shape index (κ2) is 9.64. The molecule has 0 aliphatic carbocycles. The van der Waals surface area contributed by atoms with Gasteiger partial charge in [-0.25, -0.2) is 13.4 Å². The van der Waals surface area contributed by atoms with Gasteiger partial charge in [0.1, 0.15) is 11.9 Å². The number of halogens is 1. The molecule has 1 aliphatic heterocycles. The first-order valence-corrected chi connectivity index (χ1v) is 11.8. The summed E-state index contributed by atoms with van der Waals surface area (Å²) in [4.78, 5) is 21.1. The minimum Gasteiger partial charge on any atom is -0.352 e. The zero-order chi connectivity index (χ0) is 22.6. The number of nitrogens with zero attached hydrogens (tertiary/aromatic N) is 5. The molecule has 10 heteroatoms. The van der Waals surface area contributed by atoms with E-state index in [0.717, 1.165) is 0 Å². The normalized spacial score (nSPS) is 14.5. The standard InChI is InChI=1S/C21H24ClN5O3S/c1-3-27(4-2)31(29,30)17-7-8-19(22)18(14-17)21(28)26-12-10-25(11-13-26)20-16(15-23)6-5-9-24-20/h5-9,14H,3-4,10-13H2,1-2H3. The average Bonchev–Trinajstić information content (AvgIpc) is 2.79. The van der Waals surface area contributed by atoms with Crippen LogP contribution in [-0.4, -0.2) is 67.8 Å². The van der Waals surface area contributed by atoms with E-state index in [1.54, 1.807) is 37.1 Å². The molecule has 8 nitrogen and oxygen atoms in total. The Labute approximate surface area is 187 Å². The fraction of sp³-hybridized carbons (Fsp3) is 0.381. The smallest absolute Gasteiger partial charge is 0.255 e. The van der Waals surface area contributed by atoms with Crippen molar-refractivity contribution in [1.82, 2.24) is 14.2 Å². The van der Waals surface area contributed by atoms with Crippen molar-refractivity contribution < 1.29 is 13.2 Å². The molecule has 0 spiro atoms. The number of amides is 1. The first-order chi connectivity index (χ1) is 14.8. The minimum atomic E-state index is -3.70. The summed E-state index contributed by atoms with van der Waals surface area (Å²) in [5.74, 6) is 0.283. The highest BCUT2D eigenvalue weighted by molar-refractivity contribution is 7.89. The molecule has 31 heavy (non-hydrogen) atoms. The predicted molar refractivity (Wildman–Crippen MR) is 119 cm³/mol. The van der Waals surface area contributed by atoms with Crippen LogP contribution in [0, 0.1) is 11.3 Å². The number of hydrogen-bond acceptors (Lipinski definition) is 6. The van der Waals surface area contributed by atoms with Gasteiger partial charge in [0.15, 0.2) is 0 Å². The number of pyridine rings is 1. The van der Waals surface area contributed by atoms with E-state index < -0.39 is 10.0 Å². The van der Waals surface area contributed by atoms with Crippen molar-refractivity contribution in [2.75, 3.05) is 44.2 Å². The molecule has 0 bridgehead atoms. The van der Waals surface area contributed by atoms with E-state index in [-0.39, 0.29) is 21.4 Å². The van der Waals surface area contributed by atoms with Crippen LogP contribution in [-0.2, 0) is 10.0 Å². The van der Waals surface area contributed by atoms with Gasteiger partial charge in [-0.2, -0.15) is 9.57 Å². The maximum atomic E-state index is 13.1. The molecular weight excluding hydrogens is 438 g/mol. The number of piperazine rings is 1. The van der Waals surface area contributed by atoms with Crippen molar-refractivity contribution >= 4 is 33.3 Å². The highest BCUT2D eigenvalue weighted by Gasteiger charge is 2.28. The lowest BCUT2D eigenvalue weighted by atomic mass is 10.1. The third kappa shape index (κ3) is 4.66. The fourth-order valence-corrected chi connectivity index (χ4v) is 5.25. The highest BCUT2D eigenvalue weighted by Crippen LogP contribution is 2.25. The lowest BCUT2D eigenvalue weighted by molar-refractivity contribution is 0.0746. The monoisotopic (exact) mass is 461 g/mol. The zero-order valence-corrected chi connectivity index (χ0v) is 19.0. The minimum absolute atomic E-state index is 0.0507. The average molecular weight is 462 g/mol. The van der Waals surface area contributed by atoms with Crippen LogP contribution in [0.5, 0.6) is 0 Å². The summed E-state index contributed by atoms with van der Waals surface area (Å²) < 4.78 is 27.0. The topological polar surface area (TPSA) is 97.6 Å². The van der Waals surface area contributed by atoms with Crippen LogP contribution >= 0.6 is 11.6 Å². The molecule has 2 heterocycles. The second-order valence-corrected chi connectivity index (χ2v) is 9.34. The SMILES string of the molecule is CCN(CC)S(=O)(=O)c1ccc(Cl)c(C(=O)N2CCN(c3ncccc3C#N)CC2)c1. The Morgan fingerprint density at radius 3 is 2.48 bits per heavy atom. The van der Waals surface area contributed by atoms with E-state index >= 15 is 0 Å². The van der Waals surface area contributed by atoms with Gasteiger partial charge in [-0.05, 0) is 30.3 Å². The van der Waals surface area contributed by atoms with Crippen LogP contribution < -0.4 is 4.90 Å². The summed E-state index contributed by atoms with van der Waals surface area (Å²) in [6, 6.07) is 9.79. The van der Waals surface area contributed by atoms with Gasteiger partial charge in [0.25, 0.3) is 5.91 Å². The van der Waals surface area contributed by atoms with E-state index in [4.69, 9.17) is 11.6 Å². The summed E-state index contributed by atoms with van der Waals surface area (Å²) in [6.07, 6.45) is 1.63. The Bertz CT molecular complexity index is 1100. The molecule has 2 aromatic rings. The molecule has 1 amide bonds. The molecule has 0 N–H and O–H groups in total. The number of carbonyl (C=O) groups excluding carboxylic acids is 1. The molecule has 164 valence electrons. The first-order valence-electron chi connectivity index (χ1n) is 10.0. The van der Waals surface area contributed by atoms with E-state index in [1.807, 2.05) is 4.90 Å². The van der Waals surface area contributed by atoms with Gasteiger partial charge < -0.3 is 9.80 Å². The maximum Gasteiger partial charge on any atom is 0.255 e. The van der Waals surface area contributed by atoms with Crippen LogP contribution in [0.25, 0.3) is 0 Å². The van der Waals surface area contributed by atoms with Gasteiger partial charge in [-0.15, -0.1) is 0 Å². The van der Waals surface area contributed by atoms with Crippen molar-refractivity contribution in [1.29, 1.82) is 5.26 Å². The first kappa shape index (κ1) is 23.0. The summed E-state index contributed by atoms with van der Waals surface area (Å²) in [7, 11) is -3.70. The van der Waals surface area contributed by atoms with Gasteiger partial charge >= 0.3 is 0 Å². The third-order valence-corrected chi connectivity index (χ3v) is 7.66. The van der Waals surface area contributed by atoms with E-state index in [9.17, 15) is 18.5 Å². The summed E-state index contributed by atoms with van der Waals surface area (Å²) in [6.45, 7) is 6.03. The van der Waals surface area contributed by atoms with Gasteiger partial charge in [0.2, 0.25) is 10.0 Å². The van der Waals surface area contributed by atoms with Crippen molar-refractivity contribution in [3.8, 4) is 6.07 Å². The summed E-state index contributed by atoms with van der Waals surface area (Å²) >= 11 is 6.26. The molecule has 1 aromatic carbocycles.